The van der Waals surface area contributed by atoms with Gasteiger partial charge in [0, 0.05) is 0 Å². The van der Waals surface area contributed by atoms with Crippen molar-refractivity contribution < 1.29 is 14.6 Å². The van der Waals surface area contributed by atoms with Gasteiger partial charge in [-0.1, -0.05) is 0 Å². The normalized spacial score (nSPS) is 19.0. The Kier molecular flexibility index (Phi) is 6.38. The molecule has 0 heterocycles. The van der Waals surface area contributed by atoms with E-state index in [0.29, 0.717) is 4.82 Å². The minimum atomic E-state index is -0.730. The fourth-order valence-electron chi connectivity index (χ4n) is 3.27. The summed E-state index contributed by atoms with van der Waals surface area (Å²) in [6.45, 7) is 0. The molecule has 0 radical (unpaired) electrons. The fraction of sp³-hybridized carbons (Fsp3) is 0.316. The molecular weight excluding hydrogens is 429 g/mol. The van der Waals surface area contributed by atoms with Crippen LogP contribution in [-0.2, 0) is 0 Å². The Morgan fingerprint density at radius 1 is 0.964 bits per heavy atom. The van der Waals surface area contributed by atoms with Crippen LogP contribution in [0.3, 0.4) is 0 Å². The molecule has 146 valence electrons. The number of carbonyl (C=O) groups excluding carboxylic acids is 1. The number of non-ortho nitro benzene ring substituents is 2. The van der Waals surface area contributed by atoms with Crippen LogP contribution >= 0.6 is 0 Å². The molecule has 1 N–H and O–H groups in total. The summed E-state index contributed by atoms with van der Waals surface area (Å²) < 4.78 is 1.26. The van der Waals surface area contributed by atoms with Crippen molar-refractivity contribution in [3.8, 4) is 0 Å². The topological polar surface area (TPSA) is 115 Å². The monoisotopic (exact) mass is 449 g/mol. The molecule has 1 amide bonds. The third kappa shape index (κ3) is 4.93. The van der Waals surface area contributed by atoms with Crippen molar-refractivity contribution in [3.63, 3.8) is 0 Å². The summed E-state index contributed by atoms with van der Waals surface area (Å²) in [7, 11) is 0. The summed E-state index contributed by atoms with van der Waals surface area (Å²) in [5, 5.41) is 25.1. The molecular formula is C19H19N3O5Se. The van der Waals surface area contributed by atoms with Crippen molar-refractivity contribution in [1.82, 2.24) is 5.32 Å². The van der Waals surface area contributed by atoms with Gasteiger partial charge in [-0.2, -0.15) is 0 Å². The van der Waals surface area contributed by atoms with E-state index in [1.54, 1.807) is 0 Å². The van der Waals surface area contributed by atoms with Crippen LogP contribution in [0.5, 0.6) is 0 Å². The third-order valence-electron chi connectivity index (χ3n) is 4.64. The Hall–Kier alpha value is -2.77. The Morgan fingerprint density at radius 3 is 2.18 bits per heavy atom. The van der Waals surface area contributed by atoms with Crippen LogP contribution in [0.15, 0.2) is 48.5 Å². The van der Waals surface area contributed by atoms with E-state index in [1.807, 2.05) is 18.2 Å². The Morgan fingerprint density at radius 2 is 1.57 bits per heavy atom. The summed E-state index contributed by atoms with van der Waals surface area (Å²) in [5.41, 5.74) is -0.987. The molecule has 1 saturated carbocycles. The molecule has 9 heteroatoms. The van der Waals surface area contributed by atoms with E-state index in [9.17, 15) is 25.0 Å². The summed E-state index contributed by atoms with van der Waals surface area (Å²) in [4.78, 5) is 33.7. The van der Waals surface area contributed by atoms with Gasteiger partial charge in [0.25, 0.3) is 0 Å². The molecule has 2 aromatic rings. The third-order valence-corrected chi connectivity index (χ3v) is 7.60. The second-order valence-corrected chi connectivity index (χ2v) is 9.34. The SMILES string of the molecule is O=C(N[C@@H]1CCCC[C@H]1[Se]c1ccccc1)c1cc([N+](=O)[O-])cc([N+](=O)[O-])c1. The van der Waals surface area contributed by atoms with Gasteiger partial charge in [-0.05, 0) is 0 Å². The Balaban J connectivity index is 1.78. The van der Waals surface area contributed by atoms with Crippen molar-refractivity contribution in [3.05, 3.63) is 74.3 Å². The molecule has 3 rings (SSSR count). The molecule has 1 aliphatic rings. The number of carbonyl (C=O) groups is 1. The van der Waals surface area contributed by atoms with Crippen LogP contribution in [0.4, 0.5) is 11.4 Å². The molecule has 0 aliphatic heterocycles. The number of hydrogen-bond donors (Lipinski definition) is 1. The zero-order valence-corrected chi connectivity index (χ0v) is 16.7. The van der Waals surface area contributed by atoms with Gasteiger partial charge in [-0.15, -0.1) is 0 Å². The molecule has 2 aromatic carbocycles. The summed E-state index contributed by atoms with van der Waals surface area (Å²) in [5.74, 6) is -0.507. The molecule has 0 saturated heterocycles. The van der Waals surface area contributed by atoms with Gasteiger partial charge in [0.05, 0.1) is 0 Å². The van der Waals surface area contributed by atoms with E-state index in [1.165, 1.54) is 4.46 Å². The summed E-state index contributed by atoms with van der Waals surface area (Å²) in [6.07, 6.45) is 3.95. The predicted octanol–water partition coefficient (Wildman–Crippen LogP) is 2.99. The first-order valence-corrected chi connectivity index (χ1v) is 10.7. The van der Waals surface area contributed by atoms with Crippen molar-refractivity contribution in [2.75, 3.05) is 0 Å². The van der Waals surface area contributed by atoms with Gasteiger partial charge in [-0.25, -0.2) is 0 Å². The number of nitrogens with zero attached hydrogens (tertiary/aromatic N) is 2. The second kappa shape index (κ2) is 8.95. The quantitative estimate of drug-likeness (QED) is 0.415. The molecule has 8 nitrogen and oxygen atoms in total. The molecule has 28 heavy (non-hydrogen) atoms. The maximum absolute atomic E-state index is 12.7. The maximum atomic E-state index is 12.7. The van der Waals surface area contributed by atoms with Crippen LogP contribution in [-0.4, -0.2) is 36.8 Å². The number of nitro benzene ring substituents is 2. The number of rotatable bonds is 6. The number of hydrogen-bond acceptors (Lipinski definition) is 5. The van der Waals surface area contributed by atoms with E-state index in [4.69, 9.17) is 0 Å². The first-order valence-electron chi connectivity index (χ1n) is 8.90. The van der Waals surface area contributed by atoms with Gasteiger partial charge in [0.15, 0.2) is 0 Å². The number of benzene rings is 2. The van der Waals surface area contributed by atoms with Crippen LogP contribution in [0.1, 0.15) is 36.0 Å². The van der Waals surface area contributed by atoms with Crippen molar-refractivity contribution in [2.45, 2.75) is 36.5 Å². The fourth-order valence-corrected chi connectivity index (χ4v) is 6.03. The van der Waals surface area contributed by atoms with Crippen LogP contribution in [0.25, 0.3) is 0 Å². The molecule has 0 spiro atoms. The summed E-state index contributed by atoms with van der Waals surface area (Å²) >= 11 is 0.189. The molecule has 2 atom stereocenters. The number of nitro groups is 2. The van der Waals surface area contributed by atoms with Gasteiger partial charge in [0.2, 0.25) is 0 Å². The zero-order chi connectivity index (χ0) is 20.1. The van der Waals surface area contributed by atoms with Crippen molar-refractivity contribution in [2.24, 2.45) is 0 Å². The first-order chi connectivity index (χ1) is 13.4. The predicted molar refractivity (Wildman–Crippen MR) is 105 cm³/mol. The van der Waals surface area contributed by atoms with Gasteiger partial charge < -0.3 is 0 Å². The van der Waals surface area contributed by atoms with Gasteiger partial charge in [0.1, 0.15) is 0 Å². The van der Waals surface area contributed by atoms with Crippen molar-refractivity contribution in [1.29, 1.82) is 0 Å². The average molecular weight is 448 g/mol. The summed E-state index contributed by atoms with van der Waals surface area (Å²) in [6, 6.07) is 13.1. The average Bonchev–Trinajstić information content (AvgIpc) is 2.69. The van der Waals surface area contributed by atoms with E-state index in [2.05, 4.69) is 17.4 Å². The molecule has 0 bridgehead atoms. The molecule has 0 unspecified atom stereocenters. The number of amides is 1. The zero-order valence-electron chi connectivity index (χ0n) is 14.9. The van der Waals surface area contributed by atoms with Crippen LogP contribution in [0.2, 0.25) is 4.82 Å². The van der Waals surface area contributed by atoms with E-state index in [-0.39, 0.29) is 26.6 Å². The standard InChI is InChI=1S/C19H19N3O5Se/c23-19(13-10-14(21(24)25)12-15(11-13)22(26)27)20-17-8-4-5-9-18(17)28-16-6-2-1-3-7-16/h1-3,6-7,10-12,17-18H,4-5,8-9H2,(H,20,23)/t17-,18-/m1/s1. The first kappa shape index (κ1) is 20.0. The van der Waals surface area contributed by atoms with E-state index >= 15 is 0 Å². The number of nitrogens with one attached hydrogen (secondary N) is 1. The van der Waals surface area contributed by atoms with E-state index < -0.39 is 27.1 Å². The van der Waals surface area contributed by atoms with Gasteiger partial charge >= 0.3 is 168 Å². The second-order valence-electron chi connectivity index (χ2n) is 6.59. The minimum absolute atomic E-state index is 0.0419. The van der Waals surface area contributed by atoms with Gasteiger partial charge in [-0.3, -0.25) is 0 Å². The van der Waals surface area contributed by atoms with E-state index in [0.717, 1.165) is 43.9 Å². The van der Waals surface area contributed by atoms with Crippen LogP contribution < -0.4 is 9.78 Å². The molecule has 0 aromatic heterocycles. The Labute approximate surface area is 167 Å². The Bertz CT molecular complexity index is 858. The van der Waals surface area contributed by atoms with Crippen molar-refractivity contribution >= 4 is 36.7 Å². The molecule has 1 aliphatic carbocycles. The van der Waals surface area contributed by atoms with Crippen LogP contribution in [0, 0.1) is 20.2 Å². The molecule has 1 fully saturated rings.